The molecule has 0 fully saturated rings. The Kier molecular flexibility index (Phi) is 7.84. The lowest BCUT2D eigenvalue weighted by atomic mass is 9.87. The standard InChI is InChI=1S/C24H25ClF3N5O2/c1-14(19(16-9-18(29)12-30-11-16)8-15-4-6-17(25)7-5-15)33-22(34)23(2,3)35-21-10-20(24(26,27)28)31-13-32-21/h4-7,9-14,19H,8,29H2,1-3H3,(H,33,34). The van der Waals surface area contributed by atoms with Gasteiger partial charge >= 0.3 is 6.18 Å². The maximum atomic E-state index is 13.1. The number of benzene rings is 1. The zero-order valence-corrected chi connectivity index (χ0v) is 20.1. The van der Waals surface area contributed by atoms with Crippen LogP contribution in [0.3, 0.4) is 0 Å². The Labute approximate surface area is 205 Å². The number of hydrogen-bond donors (Lipinski definition) is 2. The smallest absolute Gasteiger partial charge is 0.433 e. The van der Waals surface area contributed by atoms with Crippen LogP contribution in [0.25, 0.3) is 0 Å². The summed E-state index contributed by atoms with van der Waals surface area (Å²) in [7, 11) is 0. The number of hydrogen-bond acceptors (Lipinski definition) is 6. The van der Waals surface area contributed by atoms with Gasteiger partial charge in [-0.1, -0.05) is 23.7 Å². The normalized spacial score (nSPS) is 13.7. The lowest BCUT2D eigenvalue weighted by Gasteiger charge is -2.30. The lowest BCUT2D eigenvalue weighted by molar-refractivity contribution is -0.141. The number of carbonyl (C=O) groups excluding carboxylic acids is 1. The second-order valence-electron chi connectivity index (χ2n) is 8.60. The zero-order valence-electron chi connectivity index (χ0n) is 19.3. The van der Waals surface area contributed by atoms with E-state index in [-0.39, 0.29) is 11.8 Å². The number of anilines is 1. The highest BCUT2D eigenvalue weighted by atomic mass is 35.5. The number of nitrogen functional groups attached to an aromatic ring is 1. The minimum atomic E-state index is -4.66. The molecule has 2 unspecified atom stereocenters. The molecule has 2 atom stereocenters. The molecule has 0 bridgehead atoms. The first-order chi connectivity index (χ1) is 16.3. The Morgan fingerprint density at radius 3 is 2.46 bits per heavy atom. The van der Waals surface area contributed by atoms with E-state index in [0.29, 0.717) is 23.2 Å². The number of pyridine rings is 1. The molecule has 0 aliphatic heterocycles. The van der Waals surface area contributed by atoms with Gasteiger partial charge in [0.25, 0.3) is 5.91 Å². The Bertz CT molecular complexity index is 1170. The fourth-order valence-electron chi connectivity index (χ4n) is 3.48. The van der Waals surface area contributed by atoms with Gasteiger partial charge in [-0.25, -0.2) is 9.97 Å². The topological polar surface area (TPSA) is 103 Å². The number of nitrogens with zero attached hydrogens (tertiary/aromatic N) is 3. The van der Waals surface area contributed by atoms with E-state index in [4.69, 9.17) is 22.1 Å². The summed E-state index contributed by atoms with van der Waals surface area (Å²) in [4.78, 5) is 24.2. The molecular formula is C24H25ClF3N5O2. The van der Waals surface area contributed by atoms with Crippen LogP contribution < -0.4 is 15.8 Å². The van der Waals surface area contributed by atoms with E-state index < -0.39 is 29.4 Å². The van der Waals surface area contributed by atoms with Gasteiger partial charge in [0.15, 0.2) is 11.3 Å². The van der Waals surface area contributed by atoms with Crippen molar-refractivity contribution in [1.82, 2.24) is 20.3 Å². The van der Waals surface area contributed by atoms with Gasteiger partial charge in [0.1, 0.15) is 6.33 Å². The fourth-order valence-corrected chi connectivity index (χ4v) is 3.60. The van der Waals surface area contributed by atoms with E-state index in [9.17, 15) is 18.0 Å². The van der Waals surface area contributed by atoms with Crippen molar-refractivity contribution >= 4 is 23.2 Å². The van der Waals surface area contributed by atoms with Crippen molar-refractivity contribution in [3.63, 3.8) is 0 Å². The maximum absolute atomic E-state index is 13.1. The molecule has 7 nitrogen and oxygen atoms in total. The van der Waals surface area contributed by atoms with Gasteiger partial charge in [-0.3, -0.25) is 9.78 Å². The molecule has 0 saturated heterocycles. The van der Waals surface area contributed by atoms with Gasteiger partial charge in [0.05, 0.1) is 5.69 Å². The van der Waals surface area contributed by atoms with Crippen LogP contribution in [0, 0.1) is 0 Å². The molecule has 2 heterocycles. The monoisotopic (exact) mass is 507 g/mol. The van der Waals surface area contributed by atoms with Gasteiger partial charge < -0.3 is 15.8 Å². The van der Waals surface area contributed by atoms with Gasteiger partial charge in [-0.15, -0.1) is 0 Å². The third-order valence-corrected chi connectivity index (χ3v) is 5.63. The molecule has 0 aliphatic rings. The molecule has 3 N–H and O–H groups in total. The Balaban J connectivity index is 1.79. The van der Waals surface area contributed by atoms with Crippen LogP contribution in [0.15, 0.2) is 55.1 Å². The average molecular weight is 508 g/mol. The Morgan fingerprint density at radius 2 is 1.83 bits per heavy atom. The third-order valence-electron chi connectivity index (χ3n) is 5.38. The summed E-state index contributed by atoms with van der Waals surface area (Å²) < 4.78 is 44.4. The molecule has 0 aliphatic carbocycles. The van der Waals surface area contributed by atoms with Gasteiger partial charge in [0.2, 0.25) is 5.88 Å². The van der Waals surface area contributed by atoms with Crippen molar-refractivity contribution in [2.45, 2.75) is 50.9 Å². The van der Waals surface area contributed by atoms with Crippen molar-refractivity contribution in [1.29, 1.82) is 0 Å². The molecule has 2 aromatic heterocycles. The molecule has 3 aromatic rings. The van der Waals surface area contributed by atoms with E-state index in [1.807, 2.05) is 19.1 Å². The van der Waals surface area contributed by atoms with Crippen LogP contribution >= 0.6 is 11.6 Å². The SMILES string of the molecule is CC(NC(=O)C(C)(C)Oc1cc(C(F)(F)F)ncn1)C(Cc1ccc(Cl)cc1)c1cncc(N)c1. The van der Waals surface area contributed by atoms with E-state index in [2.05, 4.69) is 20.3 Å². The molecule has 186 valence electrons. The number of aromatic nitrogens is 3. The summed E-state index contributed by atoms with van der Waals surface area (Å²) in [6, 6.07) is 9.37. The minimum Gasteiger partial charge on any atom is -0.461 e. The Morgan fingerprint density at radius 1 is 1.14 bits per heavy atom. The Hall–Kier alpha value is -3.40. The first-order valence-electron chi connectivity index (χ1n) is 10.7. The predicted octanol–water partition coefficient (Wildman–Crippen LogP) is 4.81. The molecule has 0 spiro atoms. The molecule has 0 radical (unpaired) electrons. The highest BCUT2D eigenvalue weighted by Crippen LogP contribution is 2.30. The minimum absolute atomic E-state index is 0.220. The number of rotatable bonds is 8. The number of halogens is 4. The van der Waals surface area contributed by atoms with Crippen molar-refractivity contribution in [3.05, 3.63) is 77.0 Å². The summed E-state index contributed by atoms with van der Waals surface area (Å²) in [6.45, 7) is 4.71. The van der Waals surface area contributed by atoms with Crippen molar-refractivity contribution in [3.8, 4) is 5.88 Å². The van der Waals surface area contributed by atoms with Gasteiger partial charge in [-0.05, 0) is 56.5 Å². The van der Waals surface area contributed by atoms with Crippen LogP contribution in [0.2, 0.25) is 5.02 Å². The number of nitrogens with two attached hydrogens (primary N) is 1. The maximum Gasteiger partial charge on any atom is 0.433 e. The van der Waals surface area contributed by atoms with Crippen LogP contribution in [-0.2, 0) is 17.4 Å². The van der Waals surface area contributed by atoms with Crippen LogP contribution in [0.5, 0.6) is 5.88 Å². The number of carbonyl (C=O) groups is 1. The second kappa shape index (κ2) is 10.5. The summed E-state index contributed by atoms with van der Waals surface area (Å²) >= 11 is 6.00. The van der Waals surface area contributed by atoms with E-state index in [0.717, 1.165) is 17.5 Å². The van der Waals surface area contributed by atoms with Crippen LogP contribution in [0.4, 0.5) is 18.9 Å². The number of ether oxygens (including phenoxy) is 1. The predicted molar refractivity (Wildman–Crippen MR) is 126 cm³/mol. The summed E-state index contributed by atoms with van der Waals surface area (Å²) in [5, 5.41) is 3.52. The largest absolute Gasteiger partial charge is 0.461 e. The van der Waals surface area contributed by atoms with E-state index in [1.54, 1.807) is 24.4 Å². The highest BCUT2D eigenvalue weighted by Gasteiger charge is 2.36. The highest BCUT2D eigenvalue weighted by molar-refractivity contribution is 6.30. The van der Waals surface area contributed by atoms with Crippen molar-refractivity contribution < 1.29 is 22.7 Å². The summed E-state index contributed by atoms with van der Waals surface area (Å²) in [6.07, 6.45) is -0.168. The molecule has 1 aromatic carbocycles. The van der Waals surface area contributed by atoms with Crippen LogP contribution in [-0.4, -0.2) is 32.5 Å². The average Bonchev–Trinajstić information content (AvgIpc) is 2.78. The molecule has 35 heavy (non-hydrogen) atoms. The van der Waals surface area contributed by atoms with E-state index >= 15 is 0 Å². The fraction of sp³-hybridized carbons (Fsp3) is 0.333. The van der Waals surface area contributed by atoms with Crippen LogP contribution in [0.1, 0.15) is 43.5 Å². The molecule has 11 heteroatoms. The molecule has 3 rings (SSSR count). The van der Waals surface area contributed by atoms with E-state index in [1.165, 1.54) is 20.0 Å². The zero-order chi connectivity index (χ0) is 25.8. The van der Waals surface area contributed by atoms with Gasteiger partial charge in [0, 0.05) is 35.4 Å². The molecular weight excluding hydrogens is 483 g/mol. The number of alkyl halides is 3. The first kappa shape index (κ1) is 26.2. The second-order valence-corrected chi connectivity index (χ2v) is 9.04. The summed E-state index contributed by atoms with van der Waals surface area (Å²) in [5.41, 5.74) is 5.53. The van der Waals surface area contributed by atoms with Crippen molar-refractivity contribution in [2.24, 2.45) is 0 Å². The molecule has 0 saturated carbocycles. The van der Waals surface area contributed by atoms with Crippen molar-refractivity contribution in [2.75, 3.05) is 5.73 Å². The first-order valence-corrected chi connectivity index (χ1v) is 11.1. The quantitative estimate of drug-likeness (QED) is 0.453. The number of amides is 1. The number of nitrogens with one attached hydrogen (secondary N) is 1. The van der Waals surface area contributed by atoms with Gasteiger partial charge in [-0.2, -0.15) is 13.2 Å². The summed E-state index contributed by atoms with van der Waals surface area (Å²) in [5.74, 6) is -1.11. The molecule has 1 amide bonds. The lowest BCUT2D eigenvalue weighted by Crippen LogP contribution is -2.51. The third kappa shape index (κ3) is 7.05.